The molecule has 0 bridgehead atoms. The van der Waals surface area contributed by atoms with E-state index < -0.39 is 6.10 Å². The fourth-order valence-corrected chi connectivity index (χ4v) is 2.43. The van der Waals surface area contributed by atoms with Crippen LogP contribution in [0.3, 0.4) is 0 Å². The third-order valence-electron chi connectivity index (χ3n) is 3.26. The fraction of sp³-hybridized carbons (Fsp3) is 0.471. The zero-order valence-corrected chi connectivity index (χ0v) is 13.8. The number of pyridine rings is 1. The molecule has 2 aromatic rings. The van der Waals surface area contributed by atoms with Gasteiger partial charge in [0.2, 0.25) is 0 Å². The van der Waals surface area contributed by atoms with Gasteiger partial charge < -0.3 is 15.2 Å². The van der Waals surface area contributed by atoms with Crippen molar-refractivity contribution in [2.24, 2.45) is 5.92 Å². The number of aromatic nitrogens is 1. The Kier molecular flexibility index (Phi) is 6.58. The average molecular weight is 323 g/mol. The van der Waals surface area contributed by atoms with Crippen LogP contribution in [0.1, 0.15) is 19.4 Å². The lowest BCUT2D eigenvalue weighted by atomic mass is 10.1. The van der Waals surface area contributed by atoms with Crippen molar-refractivity contribution >= 4 is 22.5 Å². The summed E-state index contributed by atoms with van der Waals surface area (Å²) in [6, 6.07) is 7.68. The molecule has 1 unspecified atom stereocenters. The summed E-state index contributed by atoms with van der Waals surface area (Å²) in [6.07, 6.45) is 1.25. The first-order valence-corrected chi connectivity index (χ1v) is 7.94. The topological polar surface area (TPSA) is 54.4 Å². The maximum absolute atomic E-state index is 9.87. The molecule has 0 aliphatic carbocycles. The highest BCUT2D eigenvalue weighted by Crippen LogP contribution is 2.24. The van der Waals surface area contributed by atoms with E-state index in [1.807, 2.05) is 24.3 Å². The normalized spacial score (nSPS) is 13.0. The zero-order chi connectivity index (χ0) is 15.9. The monoisotopic (exact) mass is 322 g/mol. The maximum atomic E-state index is 9.87. The van der Waals surface area contributed by atoms with Crippen LogP contribution in [0, 0.1) is 5.92 Å². The first kappa shape index (κ1) is 17.2. The lowest BCUT2D eigenvalue weighted by molar-refractivity contribution is 0.0260. The van der Waals surface area contributed by atoms with Crippen molar-refractivity contribution in [1.29, 1.82) is 0 Å². The predicted molar refractivity (Wildman–Crippen MR) is 90.1 cm³/mol. The second kappa shape index (κ2) is 8.44. The summed E-state index contributed by atoms with van der Waals surface area (Å²) in [5.74, 6) is 0.478. The van der Waals surface area contributed by atoms with Crippen LogP contribution >= 0.6 is 11.6 Å². The van der Waals surface area contributed by atoms with Crippen LogP contribution in [0.4, 0.5) is 0 Å². The smallest absolute Gasteiger partial charge is 0.0897 e. The standard InChI is InChI=1S/C17H23ClN2O2/c1-12(2)10-22-11-14(21)9-19-8-13-5-6-16(18)15-4-3-7-20-17(13)15/h3-7,12,14,19,21H,8-11H2,1-2H3. The largest absolute Gasteiger partial charge is 0.389 e. The van der Waals surface area contributed by atoms with E-state index in [-0.39, 0.29) is 0 Å². The van der Waals surface area contributed by atoms with E-state index in [1.54, 1.807) is 6.20 Å². The van der Waals surface area contributed by atoms with E-state index in [2.05, 4.69) is 24.1 Å². The highest BCUT2D eigenvalue weighted by Gasteiger charge is 2.08. The number of aliphatic hydroxyl groups excluding tert-OH is 1. The molecule has 2 N–H and O–H groups in total. The lowest BCUT2D eigenvalue weighted by Crippen LogP contribution is -2.30. The molecule has 22 heavy (non-hydrogen) atoms. The maximum Gasteiger partial charge on any atom is 0.0897 e. The van der Waals surface area contributed by atoms with Crippen molar-refractivity contribution in [2.75, 3.05) is 19.8 Å². The molecule has 1 aromatic heterocycles. The molecule has 0 radical (unpaired) electrons. The van der Waals surface area contributed by atoms with Crippen molar-refractivity contribution in [1.82, 2.24) is 10.3 Å². The summed E-state index contributed by atoms with van der Waals surface area (Å²) in [5.41, 5.74) is 1.96. The summed E-state index contributed by atoms with van der Waals surface area (Å²) in [7, 11) is 0. The fourth-order valence-electron chi connectivity index (χ4n) is 2.21. The number of halogens is 1. The Morgan fingerprint density at radius 2 is 2.09 bits per heavy atom. The number of ether oxygens (including phenoxy) is 1. The number of hydrogen-bond donors (Lipinski definition) is 2. The SMILES string of the molecule is CC(C)COCC(O)CNCc1ccc(Cl)c2cccnc12. The molecule has 0 aliphatic heterocycles. The number of rotatable bonds is 8. The Bertz CT molecular complexity index is 604. The first-order chi connectivity index (χ1) is 10.6. The van der Waals surface area contributed by atoms with Gasteiger partial charge in [-0.3, -0.25) is 4.98 Å². The van der Waals surface area contributed by atoms with Crippen molar-refractivity contribution in [2.45, 2.75) is 26.5 Å². The average Bonchev–Trinajstić information content (AvgIpc) is 2.49. The lowest BCUT2D eigenvalue weighted by Gasteiger charge is -2.14. The van der Waals surface area contributed by atoms with Gasteiger partial charge in [-0.2, -0.15) is 0 Å². The molecule has 4 nitrogen and oxygen atoms in total. The summed E-state index contributed by atoms with van der Waals surface area (Å²) >= 11 is 6.18. The van der Waals surface area contributed by atoms with Crippen molar-refractivity contribution in [3.63, 3.8) is 0 Å². The molecule has 1 aromatic carbocycles. The summed E-state index contributed by atoms with van der Waals surface area (Å²) in [4.78, 5) is 4.40. The zero-order valence-electron chi connectivity index (χ0n) is 13.1. The second-order valence-electron chi connectivity index (χ2n) is 5.82. The molecule has 0 amide bonds. The Balaban J connectivity index is 1.86. The van der Waals surface area contributed by atoms with Gasteiger partial charge in [-0.1, -0.05) is 31.5 Å². The van der Waals surface area contributed by atoms with Gasteiger partial charge in [-0.25, -0.2) is 0 Å². The summed E-state index contributed by atoms with van der Waals surface area (Å²) in [6.45, 7) is 6.31. The molecule has 5 heteroatoms. The van der Waals surface area contributed by atoms with E-state index in [4.69, 9.17) is 16.3 Å². The van der Waals surface area contributed by atoms with Gasteiger partial charge in [0.05, 0.1) is 18.2 Å². The Labute approximate surface area is 136 Å². The number of aliphatic hydroxyl groups is 1. The van der Waals surface area contributed by atoms with Crippen LogP contribution in [-0.2, 0) is 11.3 Å². The van der Waals surface area contributed by atoms with E-state index in [0.29, 0.717) is 37.2 Å². The van der Waals surface area contributed by atoms with Crippen LogP contribution in [0.25, 0.3) is 10.9 Å². The van der Waals surface area contributed by atoms with Crippen LogP contribution in [0.5, 0.6) is 0 Å². The molecule has 2 rings (SSSR count). The van der Waals surface area contributed by atoms with Gasteiger partial charge in [-0.15, -0.1) is 0 Å². The van der Waals surface area contributed by atoms with Crippen molar-refractivity contribution < 1.29 is 9.84 Å². The van der Waals surface area contributed by atoms with E-state index in [1.165, 1.54) is 0 Å². The van der Waals surface area contributed by atoms with Crippen molar-refractivity contribution in [3.05, 3.63) is 41.0 Å². The van der Waals surface area contributed by atoms with Gasteiger partial charge in [0.1, 0.15) is 0 Å². The predicted octanol–water partition coefficient (Wildman–Crippen LogP) is 3.01. The van der Waals surface area contributed by atoms with Crippen LogP contribution in [0.2, 0.25) is 5.02 Å². The van der Waals surface area contributed by atoms with E-state index >= 15 is 0 Å². The number of nitrogens with one attached hydrogen (secondary N) is 1. The highest BCUT2D eigenvalue weighted by molar-refractivity contribution is 6.35. The molecular weight excluding hydrogens is 300 g/mol. The summed E-state index contributed by atoms with van der Waals surface area (Å²) in [5, 5.41) is 14.8. The molecule has 0 saturated carbocycles. The van der Waals surface area contributed by atoms with Gasteiger partial charge in [0.15, 0.2) is 0 Å². The van der Waals surface area contributed by atoms with E-state index in [0.717, 1.165) is 16.5 Å². The van der Waals surface area contributed by atoms with Crippen LogP contribution < -0.4 is 5.32 Å². The molecule has 0 saturated heterocycles. The highest BCUT2D eigenvalue weighted by atomic mass is 35.5. The molecule has 0 fully saturated rings. The number of fused-ring (bicyclic) bond motifs is 1. The Morgan fingerprint density at radius 3 is 2.86 bits per heavy atom. The van der Waals surface area contributed by atoms with Gasteiger partial charge in [-0.05, 0) is 29.7 Å². The molecule has 120 valence electrons. The molecule has 1 heterocycles. The minimum absolute atomic E-state index is 0.352. The van der Waals surface area contributed by atoms with Crippen LogP contribution in [0.15, 0.2) is 30.5 Å². The van der Waals surface area contributed by atoms with E-state index in [9.17, 15) is 5.11 Å². The van der Waals surface area contributed by atoms with Crippen molar-refractivity contribution in [3.8, 4) is 0 Å². The van der Waals surface area contributed by atoms with Gasteiger partial charge >= 0.3 is 0 Å². The third kappa shape index (κ3) is 4.92. The number of hydrogen-bond acceptors (Lipinski definition) is 4. The Hall–Kier alpha value is -1.20. The quantitative estimate of drug-likeness (QED) is 0.784. The minimum atomic E-state index is -0.509. The molecule has 0 aliphatic rings. The molecular formula is C17H23ClN2O2. The molecule has 0 spiro atoms. The summed E-state index contributed by atoms with van der Waals surface area (Å²) < 4.78 is 5.43. The minimum Gasteiger partial charge on any atom is -0.389 e. The van der Waals surface area contributed by atoms with Crippen LogP contribution in [-0.4, -0.2) is 36.0 Å². The first-order valence-electron chi connectivity index (χ1n) is 7.56. The number of benzene rings is 1. The second-order valence-corrected chi connectivity index (χ2v) is 6.23. The Morgan fingerprint density at radius 1 is 1.27 bits per heavy atom. The van der Waals surface area contributed by atoms with Gasteiger partial charge in [0, 0.05) is 36.3 Å². The van der Waals surface area contributed by atoms with Gasteiger partial charge in [0.25, 0.3) is 0 Å². The number of nitrogens with zero attached hydrogens (tertiary/aromatic N) is 1. The molecule has 1 atom stereocenters. The third-order valence-corrected chi connectivity index (χ3v) is 3.59.